The number of fused-ring (bicyclic) bond motifs is 1. The van der Waals surface area contributed by atoms with Crippen molar-refractivity contribution in [1.82, 2.24) is 25.0 Å². The van der Waals surface area contributed by atoms with Gasteiger partial charge in [-0.05, 0) is 29.9 Å². The van der Waals surface area contributed by atoms with Crippen molar-refractivity contribution in [2.24, 2.45) is 0 Å². The first-order valence-electron chi connectivity index (χ1n) is 11.2. The molecule has 4 aromatic rings. The highest BCUT2D eigenvalue weighted by Gasteiger charge is 2.32. The van der Waals surface area contributed by atoms with Gasteiger partial charge in [-0.25, -0.2) is 14.8 Å². The summed E-state index contributed by atoms with van der Waals surface area (Å²) in [5.41, 5.74) is 1.83. The number of urea groups is 1. The average molecular weight is 478 g/mol. The van der Waals surface area contributed by atoms with E-state index in [1.54, 1.807) is 29.4 Å². The standard InChI is InChI=1S/C24H27N7O2S/c1-13-19(24(3,4)5)34-22(26-13)29-23(32)31-11-17(12-31)28-21-18-10-16(20-27-14(2)33-30-20)7-6-15(18)8-9-25-21/h6-10,17H,11-12H2,1-5H3,(H,25,28)(H,26,29,32). The molecule has 2 N–H and O–H groups in total. The van der Waals surface area contributed by atoms with Crippen molar-refractivity contribution < 1.29 is 9.32 Å². The third kappa shape index (κ3) is 4.33. The SMILES string of the molecule is Cc1nc(-c2ccc3ccnc(NC4CN(C(=O)Nc5nc(C)c(C(C)(C)C)s5)C4)c3c2)no1. The lowest BCUT2D eigenvalue weighted by atomic mass is 9.94. The largest absolute Gasteiger partial charge is 0.363 e. The van der Waals surface area contributed by atoms with E-state index in [0.29, 0.717) is 29.9 Å². The summed E-state index contributed by atoms with van der Waals surface area (Å²) < 4.78 is 5.11. The number of nitrogens with zero attached hydrogens (tertiary/aromatic N) is 5. The fourth-order valence-electron chi connectivity index (χ4n) is 4.08. The lowest BCUT2D eigenvalue weighted by Gasteiger charge is -2.39. The number of nitrogens with one attached hydrogen (secondary N) is 2. The van der Waals surface area contributed by atoms with E-state index in [0.717, 1.165) is 27.8 Å². The van der Waals surface area contributed by atoms with Crippen molar-refractivity contribution in [2.75, 3.05) is 23.7 Å². The smallest absolute Gasteiger partial charge is 0.323 e. The van der Waals surface area contributed by atoms with Crippen LogP contribution in [0.15, 0.2) is 35.0 Å². The Morgan fingerprint density at radius 2 is 1.97 bits per heavy atom. The van der Waals surface area contributed by atoms with Crippen LogP contribution in [0.2, 0.25) is 0 Å². The van der Waals surface area contributed by atoms with Crippen LogP contribution in [0.3, 0.4) is 0 Å². The van der Waals surface area contributed by atoms with Crippen molar-refractivity contribution in [2.45, 2.75) is 46.1 Å². The van der Waals surface area contributed by atoms with Gasteiger partial charge >= 0.3 is 6.03 Å². The molecule has 2 amide bonds. The molecule has 3 aromatic heterocycles. The molecule has 0 aliphatic carbocycles. The third-order valence-electron chi connectivity index (χ3n) is 5.75. The maximum Gasteiger partial charge on any atom is 0.323 e. The first-order chi connectivity index (χ1) is 16.2. The van der Waals surface area contributed by atoms with Crippen molar-refractivity contribution >= 4 is 39.1 Å². The normalized spacial score (nSPS) is 14.3. The Bertz CT molecular complexity index is 1370. The molecule has 1 aromatic carbocycles. The summed E-state index contributed by atoms with van der Waals surface area (Å²) in [5.74, 6) is 1.85. The average Bonchev–Trinajstić information content (AvgIpc) is 3.35. The van der Waals surface area contributed by atoms with Crippen molar-refractivity contribution in [3.63, 3.8) is 0 Å². The second kappa shape index (κ2) is 8.35. The van der Waals surface area contributed by atoms with Gasteiger partial charge in [0, 0.05) is 42.0 Å². The maximum absolute atomic E-state index is 12.7. The maximum atomic E-state index is 12.7. The first kappa shape index (κ1) is 22.3. The summed E-state index contributed by atoms with van der Waals surface area (Å²) in [5, 5.41) is 13.1. The number of likely N-dealkylation sites (tertiary alicyclic amines) is 1. The van der Waals surface area contributed by atoms with E-state index in [1.807, 2.05) is 31.2 Å². The molecule has 9 nitrogen and oxygen atoms in total. The van der Waals surface area contributed by atoms with Crippen LogP contribution in [0.5, 0.6) is 0 Å². The molecule has 0 bridgehead atoms. The fourth-order valence-corrected chi connectivity index (χ4v) is 5.10. The number of pyridine rings is 1. The molecule has 1 aliphatic rings. The lowest BCUT2D eigenvalue weighted by molar-refractivity contribution is 0.171. The van der Waals surface area contributed by atoms with Crippen LogP contribution < -0.4 is 10.6 Å². The molecule has 0 spiro atoms. The van der Waals surface area contributed by atoms with Gasteiger partial charge < -0.3 is 14.7 Å². The monoisotopic (exact) mass is 477 g/mol. The number of hydrogen-bond acceptors (Lipinski definition) is 8. The van der Waals surface area contributed by atoms with Gasteiger partial charge in [0.1, 0.15) is 5.82 Å². The van der Waals surface area contributed by atoms with Crippen molar-refractivity contribution in [3.8, 4) is 11.4 Å². The molecule has 34 heavy (non-hydrogen) atoms. The fraction of sp³-hybridized carbons (Fsp3) is 0.375. The molecular formula is C24H27N7O2S. The van der Waals surface area contributed by atoms with Crippen LogP contribution in [-0.2, 0) is 5.41 Å². The summed E-state index contributed by atoms with van der Waals surface area (Å²) in [7, 11) is 0. The van der Waals surface area contributed by atoms with Crippen molar-refractivity contribution in [1.29, 1.82) is 0 Å². The molecule has 0 radical (unpaired) electrons. The van der Waals surface area contributed by atoms with E-state index in [9.17, 15) is 4.79 Å². The molecule has 176 valence electrons. The summed E-state index contributed by atoms with van der Waals surface area (Å²) in [6.07, 6.45) is 1.78. The Labute approximate surface area is 201 Å². The summed E-state index contributed by atoms with van der Waals surface area (Å²) in [4.78, 5) is 29.0. The van der Waals surface area contributed by atoms with E-state index < -0.39 is 0 Å². The molecule has 0 unspecified atom stereocenters. The third-order valence-corrected chi connectivity index (χ3v) is 7.25. The number of benzene rings is 1. The molecule has 1 fully saturated rings. The highest BCUT2D eigenvalue weighted by molar-refractivity contribution is 7.16. The van der Waals surface area contributed by atoms with Gasteiger partial charge in [-0.15, -0.1) is 11.3 Å². The van der Waals surface area contributed by atoms with E-state index >= 15 is 0 Å². The van der Waals surface area contributed by atoms with Crippen LogP contribution in [-0.4, -0.2) is 50.2 Å². The van der Waals surface area contributed by atoms with Gasteiger partial charge in [0.15, 0.2) is 5.13 Å². The van der Waals surface area contributed by atoms with Gasteiger partial charge in [0.2, 0.25) is 11.7 Å². The predicted molar refractivity (Wildman–Crippen MR) is 133 cm³/mol. The van der Waals surface area contributed by atoms with E-state index in [-0.39, 0.29) is 17.5 Å². The van der Waals surface area contributed by atoms with Crippen LogP contribution in [0, 0.1) is 13.8 Å². The zero-order valence-corrected chi connectivity index (χ0v) is 20.7. The van der Waals surface area contributed by atoms with Crippen LogP contribution in [0.1, 0.15) is 37.2 Å². The Morgan fingerprint density at radius 3 is 2.65 bits per heavy atom. The minimum Gasteiger partial charge on any atom is -0.363 e. The summed E-state index contributed by atoms with van der Waals surface area (Å²) >= 11 is 1.54. The molecule has 0 saturated carbocycles. The molecule has 0 atom stereocenters. The Morgan fingerprint density at radius 1 is 1.18 bits per heavy atom. The van der Waals surface area contributed by atoms with Crippen LogP contribution in [0.25, 0.3) is 22.2 Å². The molecule has 1 saturated heterocycles. The van der Waals surface area contributed by atoms with E-state index in [4.69, 9.17) is 4.52 Å². The Balaban J connectivity index is 1.25. The number of rotatable bonds is 4. The van der Waals surface area contributed by atoms with Gasteiger partial charge in [0.25, 0.3) is 0 Å². The Kier molecular flexibility index (Phi) is 5.47. The predicted octanol–water partition coefficient (Wildman–Crippen LogP) is 4.98. The highest BCUT2D eigenvalue weighted by atomic mass is 32.1. The summed E-state index contributed by atoms with van der Waals surface area (Å²) in [6.45, 7) is 11.4. The Hall–Kier alpha value is -3.53. The van der Waals surface area contributed by atoms with Crippen LogP contribution >= 0.6 is 11.3 Å². The number of anilines is 2. The topological polar surface area (TPSA) is 109 Å². The zero-order valence-electron chi connectivity index (χ0n) is 19.8. The number of carbonyl (C=O) groups is 1. The van der Waals surface area contributed by atoms with Gasteiger partial charge in [-0.1, -0.05) is 38.1 Å². The van der Waals surface area contributed by atoms with Gasteiger partial charge in [-0.3, -0.25) is 5.32 Å². The minimum atomic E-state index is -0.132. The number of carbonyl (C=O) groups excluding carboxylic acids is 1. The number of amides is 2. The number of aryl methyl sites for hydroxylation is 2. The summed E-state index contributed by atoms with van der Waals surface area (Å²) in [6, 6.07) is 7.95. The quantitative estimate of drug-likeness (QED) is 0.426. The minimum absolute atomic E-state index is 0.00435. The lowest BCUT2D eigenvalue weighted by Crippen LogP contribution is -2.58. The molecule has 10 heteroatoms. The molecule has 5 rings (SSSR count). The van der Waals surface area contributed by atoms with Crippen molar-refractivity contribution in [3.05, 3.63) is 46.9 Å². The number of aromatic nitrogens is 4. The van der Waals surface area contributed by atoms with Crippen LogP contribution in [0.4, 0.5) is 15.7 Å². The highest BCUT2D eigenvalue weighted by Crippen LogP contribution is 2.34. The molecule has 1 aliphatic heterocycles. The molecular weight excluding hydrogens is 450 g/mol. The second-order valence-electron chi connectivity index (χ2n) is 9.59. The van der Waals surface area contributed by atoms with Gasteiger partial charge in [-0.2, -0.15) is 4.98 Å². The number of thiazole rings is 1. The number of hydrogen-bond donors (Lipinski definition) is 2. The van der Waals surface area contributed by atoms with Gasteiger partial charge in [0.05, 0.1) is 11.7 Å². The zero-order chi connectivity index (χ0) is 24.0. The molecule has 4 heterocycles. The second-order valence-corrected chi connectivity index (χ2v) is 10.6. The van der Waals surface area contributed by atoms with E-state index in [2.05, 4.69) is 51.5 Å². The van der Waals surface area contributed by atoms with E-state index in [1.165, 1.54) is 4.88 Å². The first-order valence-corrected chi connectivity index (χ1v) is 12.0.